The van der Waals surface area contributed by atoms with E-state index in [2.05, 4.69) is 5.32 Å². The first kappa shape index (κ1) is 17.6. The second kappa shape index (κ2) is 8.76. The molecule has 3 rings (SSSR count). The van der Waals surface area contributed by atoms with Gasteiger partial charge in [0.1, 0.15) is 23.9 Å². The summed E-state index contributed by atoms with van der Waals surface area (Å²) in [5.41, 5.74) is 0. The predicted octanol–water partition coefficient (Wildman–Crippen LogP) is 3.42. The van der Waals surface area contributed by atoms with Gasteiger partial charge in [0.25, 0.3) is 5.91 Å². The number of carbonyl (C=O) groups excluding carboxylic acids is 1. The number of nitrogens with one attached hydrogen (secondary N) is 1. The Morgan fingerprint density at radius 2 is 1.62 bits per heavy atom. The van der Waals surface area contributed by atoms with Crippen molar-refractivity contribution in [2.45, 2.75) is 0 Å². The zero-order chi connectivity index (χ0) is 18.2. The summed E-state index contributed by atoms with van der Waals surface area (Å²) in [5, 5.41) is 4.85. The minimum atomic E-state index is -0.184. The molecule has 3 aromatic carbocycles. The van der Waals surface area contributed by atoms with Crippen LogP contribution in [0.1, 0.15) is 0 Å². The smallest absolute Gasteiger partial charge is 0.258 e. The molecule has 5 nitrogen and oxygen atoms in total. The highest BCUT2D eigenvalue weighted by Crippen LogP contribution is 2.24. The maximum Gasteiger partial charge on any atom is 0.258 e. The first-order chi connectivity index (χ1) is 12.8. The summed E-state index contributed by atoms with van der Waals surface area (Å²) < 4.78 is 16.3. The summed E-state index contributed by atoms with van der Waals surface area (Å²) in [6.07, 6.45) is 0. The van der Waals surface area contributed by atoms with Gasteiger partial charge >= 0.3 is 0 Å². The zero-order valence-electron chi connectivity index (χ0n) is 14.6. The Bertz CT molecular complexity index is 856. The van der Waals surface area contributed by atoms with Crippen LogP contribution in [0, 0.1) is 0 Å². The molecule has 0 spiro atoms. The molecule has 0 atom stereocenters. The van der Waals surface area contributed by atoms with E-state index in [1.54, 1.807) is 7.11 Å². The maximum absolute atomic E-state index is 11.9. The summed E-state index contributed by atoms with van der Waals surface area (Å²) in [4.78, 5) is 11.9. The third-order valence-corrected chi connectivity index (χ3v) is 3.86. The fourth-order valence-corrected chi connectivity index (χ4v) is 2.55. The van der Waals surface area contributed by atoms with Crippen molar-refractivity contribution in [3.63, 3.8) is 0 Å². The van der Waals surface area contributed by atoms with Crippen molar-refractivity contribution in [1.82, 2.24) is 5.32 Å². The quantitative estimate of drug-likeness (QED) is 0.632. The highest BCUT2D eigenvalue weighted by atomic mass is 16.5. The largest absolute Gasteiger partial charge is 0.497 e. The van der Waals surface area contributed by atoms with Crippen LogP contribution in [0.25, 0.3) is 10.8 Å². The van der Waals surface area contributed by atoms with E-state index < -0.39 is 0 Å². The normalized spacial score (nSPS) is 10.3. The van der Waals surface area contributed by atoms with E-state index in [0.717, 1.165) is 22.3 Å². The van der Waals surface area contributed by atoms with E-state index >= 15 is 0 Å². The van der Waals surface area contributed by atoms with Crippen LogP contribution in [-0.2, 0) is 4.79 Å². The Kier molecular flexibility index (Phi) is 5.93. The molecule has 1 N–H and O–H groups in total. The minimum Gasteiger partial charge on any atom is -0.497 e. The SMILES string of the molecule is COc1ccc(OCCNC(=O)COc2cccc3ccccc23)cc1. The van der Waals surface area contributed by atoms with E-state index in [1.807, 2.05) is 66.7 Å². The Hall–Kier alpha value is -3.21. The zero-order valence-corrected chi connectivity index (χ0v) is 14.6. The summed E-state index contributed by atoms with van der Waals surface area (Å²) in [5.74, 6) is 2.02. The van der Waals surface area contributed by atoms with Gasteiger partial charge in [0, 0.05) is 5.39 Å². The van der Waals surface area contributed by atoms with Crippen LogP contribution >= 0.6 is 0 Å². The van der Waals surface area contributed by atoms with Gasteiger partial charge in [-0.1, -0.05) is 36.4 Å². The molecule has 26 heavy (non-hydrogen) atoms. The molecule has 1 amide bonds. The van der Waals surface area contributed by atoms with E-state index in [9.17, 15) is 4.79 Å². The molecule has 5 heteroatoms. The Morgan fingerprint density at radius 3 is 2.42 bits per heavy atom. The lowest BCUT2D eigenvalue weighted by Gasteiger charge is -2.10. The number of methoxy groups -OCH3 is 1. The topological polar surface area (TPSA) is 56.8 Å². The molecule has 0 bridgehead atoms. The molecule has 0 radical (unpaired) electrons. The Labute approximate surface area is 152 Å². The predicted molar refractivity (Wildman–Crippen MR) is 101 cm³/mol. The molecule has 0 fully saturated rings. The van der Waals surface area contributed by atoms with Crippen molar-refractivity contribution < 1.29 is 19.0 Å². The molecule has 0 aliphatic carbocycles. The van der Waals surface area contributed by atoms with Crippen LogP contribution in [0.4, 0.5) is 0 Å². The molecule has 0 aromatic heterocycles. The van der Waals surface area contributed by atoms with Crippen molar-refractivity contribution in [3.05, 3.63) is 66.7 Å². The van der Waals surface area contributed by atoms with E-state index in [4.69, 9.17) is 14.2 Å². The Morgan fingerprint density at radius 1 is 0.885 bits per heavy atom. The number of rotatable bonds is 8. The van der Waals surface area contributed by atoms with Gasteiger partial charge in [-0.2, -0.15) is 0 Å². The van der Waals surface area contributed by atoms with Crippen LogP contribution in [0.15, 0.2) is 66.7 Å². The second-order valence-corrected chi connectivity index (χ2v) is 5.64. The van der Waals surface area contributed by atoms with Crippen molar-refractivity contribution in [2.75, 3.05) is 26.9 Å². The van der Waals surface area contributed by atoms with Crippen molar-refractivity contribution in [1.29, 1.82) is 0 Å². The number of hydrogen-bond acceptors (Lipinski definition) is 4. The van der Waals surface area contributed by atoms with Gasteiger partial charge in [0.05, 0.1) is 13.7 Å². The third-order valence-electron chi connectivity index (χ3n) is 3.86. The number of benzene rings is 3. The molecule has 0 unspecified atom stereocenters. The van der Waals surface area contributed by atoms with Gasteiger partial charge < -0.3 is 19.5 Å². The van der Waals surface area contributed by atoms with Crippen molar-refractivity contribution >= 4 is 16.7 Å². The van der Waals surface area contributed by atoms with Gasteiger partial charge in [0.15, 0.2) is 6.61 Å². The fraction of sp³-hybridized carbons (Fsp3) is 0.190. The fourth-order valence-electron chi connectivity index (χ4n) is 2.55. The molecular formula is C21H21NO4. The number of hydrogen-bond donors (Lipinski definition) is 1. The third kappa shape index (κ3) is 4.66. The molecule has 0 saturated carbocycles. The van der Waals surface area contributed by atoms with Crippen LogP contribution < -0.4 is 19.5 Å². The summed E-state index contributed by atoms with van der Waals surface area (Å²) in [7, 11) is 1.62. The van der Waals surface area contributed by atoms with Crippen molar-refractivity contribution in [3.8, 4) is 17.2 Å². The van der Waals surface area contributed by atoms with Gasteiger partial charge in [-0.15, -0.1) is 0 Å². The van der Waals surface area contributed by atoms with E-state index in [-0.39, 0.29) is 12.5 Å². The molecule has 0 aliphatic heterocycles. The van der Waals surface area contributed by atoms with E-state index in [0.29, 0.717) is 18.9 Å². The van der Waals surface area contributed by atoms with Crippen molar-refractivity contribution in [2.24, 2.45) is 0 Å². The van der Waals surface area contributed by atoms with E-state index in [1.165, 1.54) is 0 Å². The summed E-state index contributed by atoms with van der Waals surface area (Å²) >= 11 is 0. The number of amides is 1. The van der Waals surface area contributed by atoms with Gasteiger partial charge in [-0.25, -0.2) is 0 Å². The molecule has 134 valence electrons. The molecule has 0 heterocycles. The minimum absolute atomic E-state index is 0.0312. The lowest BCUT2D eigenvalue weighted by molar-refractivity contribution is -0.123. The van der Waals surface area contributed by atoms with Crippen LogP contribution in [0.3, 0.4) is 0 Å². The lowest BCUT2D eigenvalue weighted by Crippen LogP contribution is -2.32. The van der Waals surface area contributed by atoms with Gasteiger partial charge in [-0.3, -0.25) is 4.79 Å². The highest BCUT2D eigenvalue weighted by molar-refractivity contribution is 5.88. The standard InChI is InChI=1S/C21H21NO4/c1-24-17-9-11-18(12-10-17)25-14-13-22-21(23)15-26-20-8-4-6-16-5-2-3-7-19(16)20/h2-12H,13-15H2,1H3,(H,22,23). The first-order valence-electron chi connectivity index (χ1n) is 8.40. The average Bonchev–Trinajstić information content (AvgIpc) is 2.70. The number of fused-ring (bicyclic) bond motifs is 1. The number of ether oxygens (including phenoxy) is 3. The average molecular weight is 351 g/mol. The Balaban J connectivity index is 1.41. The molecule has 0 saturated heterocycles. The molecule has 0 aliphatic rings. The van der Waals surface area contributed by atoms with Gasteiger partial charge in [0.2, 0.25) is 0 Å². The summed E-state index contributed by atoms with van der Waals surface area (Å²) in [6, 6.07) is 21.0. The first-order valence-corrected chi connectivity index (χ1v) is 8.40. The van der Waals surface area contributed by atoms with Crippen LogP contribution in [-0.4, -0.2) is 32.8 Å². The van der Waals surface area contributed by atoms with Gasteiger partial charge in [-0.05, 0) is 35.7 Å². The second-order valence-electron chi connectivity index (χ2n) is 5.64. The van der Waals surface area contributed by atoms with Crippen LogP contribution in [0.5, 0.6) is 17.2 Å². The summed E-state index contributed by atoms with van der Waals surface area (Å²) in [6.45, 7) is 0.757. The highest BCUT2D eigenvalue weighted by Gasteiger charge is 2.05. The monoisotopic (exact) mass is 351 g/mol. The lowest BCUT2D eigenvalue weighted by atomic mass is 10.1. The van der Waals surface area contributed by atoms with Crippen LogP contribution in [0.2, 0.25) is 0 Å². The molecule has 3 aromatic rings. The molecular weight excluding hydrogens is 330 g/mol. The number of carbonyl (C=O) groups is 1. The maximum atomic E-state index is 11.9.